The monoisotopic (exact) mass is 328 g/mol. The molecule has 0 atom stereocenters. The number of nitrogens with one attached hydrogen (secondary N) is 1. The van der Waals surface area contributed by atoms with Gasteiger partial charge in [-0.15, -0.1) is 12.4 Å². The number of carbonyl (C=O) groups is 1. The van der Waals surface area contributed by atoms with Crippen LogP contribution in [0.15, 0.2) is 12.3 Å². The van der Waals surface area contributed by atoms with Gasteiger partial charge in [-0.1, -0.05) is 32.6 Å². The molecule has 1 aliphatic carbocycles. The molecule has 126 valence electrons. The van der Waals surface area contributed by atoms with E-state index in [1.807, 2.05) is 10.7 Å². The summed E-state index contributed by atoms with van der Waals surface area (Å²) < 4.78 is 1.87. The van der Waals surface area contributed by atoms with Crippen molar-refractivity contribution < 1.29 is 4.79 Å². The second-order valence-electron chi connectivity index (χ2n) is 6.28. The number of aromatic nitrogens is 2. The van der Waals surface area contributed by atoms with E-state index in [-0.39, 0.29) is 23.7 Å². The van der Waals surface area contributed by atoms with Crippen LogP contribution in [0.5, 0.6) is 0 Å². The zero-order chi connectivity index (χ0) is 15.1. The maximum atomic E-state index is 12.4. The molecule has 1 heterocycles. The van der Waals surface area contributed by atoms with Gasteiger partial charge in [-0.25, -0.2) is 4.68 Å². The zero-order valence-corrected chi connectivity index (χ0v) is 14.3. The number of anilines is 1. The Morgan fingerprint density at radius 2 is 2.14 bits per heavy atom. The lowest BCUT2D eigenvalue weighted by atomic mass is 9.71. The molecule has 1 saturated carbocycles. The highest BCUT2D eigenvalue weighted by Gasteiger charge is 2.33. The minimum atomic E-state index is 0. The van der Waals surface area contributed by atoms with Crippen LogP contribution in [0.4, 0.5) is 5.82 Å². The second-order valence-corrected chi connectivity index (χ2v) is 6.28. The highest BCUT2D eigenvalue weighted by molar-refractivity contribution is 5.90. The molecule has 0 aromatic carbocycles. The highest BCUT2D eigenvalue weighted by atomic mass is 35.5. The predicted octanol–water partition coefficient (Wildman–Crippen LogP) is 3.34. The minimum absolute atomic E-state index is 0. The van der Waals surface area contributed by atoms with Crippen molar-refractivity contribution in [2.45, 2.75) is 64.8 Å². The Kier molecular flexibility index (Phi) is 7.90. The number of nitrogens with zero attached hydrogens (tertiary/aromatic N) is 2. The molecule has 0 radical (unpaired) electrons. The number of hydrogen-bond acceptors (Lipinski definition) is 3. The molecular formula is C16H29ClN4O. The Morgan fingerprint density at radius 1 is 1.41 bits per heavy atom. The Hall–Kier alpha value is -1.07. The molecule has 2 rings (SSSR count). The molecule has 0 aliphatic heterocycles. The SMILES string of the molecule is CCCCn1nccc1NC(=O)CC1(CN)CCCCC1.Cl. The summed E-state index contributed by atoms with van der Waals surface area (Å²) in [5.74, 6) is 0.872. The van der Waals surface area contributed by atoms with Crippen LogP contribution in [0.2, 0.25) is 0 Å². The molecule has 6 heteroatoms. The van der Waals surface area contributed by atoms with Crippen molar-refractivity contribution in [3.8, 4) is 0 Å². The fraction of sp³-hybridized carbons (Fsp3) is 0.750. The summed E-state index contributed by atoms with van der Waals surface area (Å²) in [7, 11) is 0. The van der Waals surface area contributed by atoms with Gasteiger partial charge in [0.1, 0.15) is 5.82 Å². The van der Waals surface area contributed by atoms with Gasteiger partial charge in [-0.2, -0.15) is 5.10 Å². The van der Waals surface area contributed by atoms with Crippen LogP contribution in [0, 0.1) is 5.41 Å². The molecule has 5 nitrogen and oxygen atoms in total. The third-order valence-electron chi connectivity index (χ3n) is 4.59. The fourth-order valence-corrected chi connectivity index (χ4v) is 3.21. The standard InChI is InChI=1S/C16H28N4O.ClH/c1-2-3-11-20-14(7-10-18-20)19-15(21)12-16(13-17)8-5-4-6-9-16;/h7,10H,2-6,8-9,11-13,17H2,1H3,(H,19,21);1H. The van der Waals surface area contributed by atoms with E-state index in [9.17, 15) is 4.79 Å². The molecule has 3 N–H and O–H groups in total. The summed E-state index contributed by atoms with van der Waals surface area (Å²) >= 11 is 0. The first-order valence-electron chi connectivity index (χ1n) is 8.21. The van der Waals surface area contributed by atoms with Crippen LogP contribution in [-0.2, 0) is 11.3 Å². The van der Waals surface area contributed by atoms with Crippen LogP contribution < -0.4 is 11.1 Å². The van der Waals surface area contributed by atoms with Gasteiger partial charge in [0.25, 0.3) is 0 Å². The molecule has 1 fully saturated rings. The Morgan fingerprint density at radius 3 is 2.77 bits per heavy atom. The average Bonchev–Trinajstić information content (AvgIpc) is 2.93. The van der Waals surface area contributed by atoms with E-state index in [2.05, 4.69) is 17.3 Å². The molecule has 0 saturated heterocycles. The molecule has 22 heavy (non-hydrogen) atoms. The maximum absolute atomic E-state index is 12.4. The molecule has 1 aliphatic rings. The number of rotatable bonds is 7. The van der Waals surface area contributed by atoms with Crippen molar-refractivity contribution in [1.82, 2.24) is 9.78 Å². The Bertz CT molecular complexity index is 455. The summed E-state index contributed by atoms with van der Waals surface area (Å²) in [6.07, 6.45) is 10.3. The lowest BCUT2D eigenvalue weighted by molar-refractivity contribution is -0.118. The maximum Gasteiger partial charge on any atom is 0.226 e. The van der Waals surface area contributed by atoms with Gasteiger partial charge in [-0.3, -0.25) is 4.79 Å². The van der Waals surface area contributed by atoms with Gasteiger partial charge < -0.3 is 11.1 Å². The zero-order valence-electron chi connectivity index (χ0n) is 13.5. The Labute approximate surface area is 139 Å². The van der Waals surface area contributed by atoms with Crippen molar-refractivity contribution in [2.75, 3.05) is 11.9 Å². The summed E-state index contributed by atoms with van der Waals surface area (Å²) in [5, 5.41) is 7.28. The first kappa shape index (κ1) is 19.0. The molecule has 1 aromatic heterocycles. The number of nitrogens with two attached hydrogens (primary N) is 1. The molecule has 0 unspecified atom stereocenters. The minimum Gasteiger partial charge on any atom is -0.330 e. The summed E-state index contributed by atoms with van der Waals surface area (Å²) in [4.78, 5) is 12.4. The van der Waals surface area contributed by atoms with E-state index < -0.39 is 0 Å². The third kappa shape index (κ3) is 4.99. The number of hydrogen-bond donors (Lipinski definition) is 2. The molecule has 0 spiro atoms. The van der Waals surface area contributed by atoms with Crippen molar-refractivity contribution in [3.05, 3.63) is 12.3 Å². The predicted molar refractivity (Wildman–Crippen MR) is 92.2 cm³/mol. The van der Waals surface area contributed by atoms with Crippen molar-refractivity contribution >= 4 is 24.1 Å². The summed E-state index contributed by atoms with van der Waals surface area (Å²) in [6, 6.07) is 1.86. The largest absolute Gasteiger partial charge is 0.330 e. The van der Waals surface area contributed by atoms with E-state index >= 15 is 0 Å². The second kappa shape index (κ2) is 9.16. The van der Waals surface area contributed by atoms with Crippen LogP contribution in [0.1, 0.15) is 58.3 Å². The quantitative estimate of drug-likeness (QED) is 0.806. The van der Waals surface area contributed by atoms with Crippen molar-refractivity contribution in [3.63, 3.8) is 0 Å². The number of aryl methyl sites for hydroxylation is 1. The Balaban J connectivity index is 0.00000242. The van der Waals surface area contributed by atoms with Gasteiger partial charge in [0.2, 0.25) is 5.91 Å². The molecule has 1 aromatic rings. The van der Waals surface area contributed by atoms with Crippen LogP contribution in [0.25, 0.3) is 0 Å². The van der Waals surface area contributed by atoms with E-state index in [0.717, 1.165) is 38.0 Å². The molecular weight excluding hydrogens is 300 g/mol. The first-order valence-corrected chi connectivity index (χ1v) is 8.21. The van der Waals surface area contributed by atoms with E-state index in [4.69, 9.17) is 5.73 Å². The van der Waals surface area contributed by atoms with E-state index in [1.54, 1.807) is 6.20 Å². The van der Waals surface area contributed by atoms with Gasteiger partial charge in [0.05, 0.1) is 6.20 Å². The lowest BCUT2D eigenvalue weighted by Gasteiger charge is -2.35. The average molecular weight is 329 g/mol. The smallest absolute Gasteiger partial charge is 0.226 e. The van der Waals surface area contributed by atoms with E-state index in [0.29, 0.717) is 13.0 Å². The number of unbranched alkanes of at least 4 members (excludes halogenated alkanes) is 1. The van der Waals surface area contributed by atoms with Gasteiger partial charge in [0.15, 0.2) is 0 Å². The normalized spacial score (nSPS) is 16.8. The molecule has 0 bridgehead atoms. The third-order valence-corrected chi connectivity index (χ3v) is 4.59. The van der Waals surface area contributed by atoms with E-state index in [1.165, 1.54) is 19.3 Å². The van der Waals surface area contributed by atoms with Gasteiger partial charge in [-0.05, 0) is 31.2 Å². The number of amides is 1. The summed E-state index contributed by atoms with van der Waals surface area (Å²) in [5.41, 5.74) is 5.97. The van der Waals surface area contributed by atoms with Crippen LogP contribution in [0.3, 0.4) is 0 Å². The summed E-state index contributed by atoms with van der Waals surface area (Å²) in [6.45, 7) is 3.60. The number of halogens is 1. The fourth-order valence-electron chi connectivity index (χ4n) is 3.21. The number of carbonyl (C=O) groups excluding carboxylic acids is 1. The molecule has 1 amide bonds. The van der Waals surface area contributed by atoms with Crippen LogP contribution in [-0.4, -0.2) is 22.2 Å². The lowest BCUT2D eigenvalue weighted by Crippen LogP contribution is -2.36. The topological polar surface area (TPSA) is 72.9 Å². The van der Waals surface area contributed by atoms with Crippen molar-refractivity contribution in [2.24, 2.45) is 11.1 Å². The van der Waals surface area contributed by atoms with Crippen molar-refractivity contribution in [1.29, 1.82) is 0 Å². The van der Waals surface area contributed by atoms with Gasteiger partial charge >= 0.3 is 0 Å². The van der Waals surface area contributed by atoms with Gasteiger partial charge in [0, 0.05) is 19.0 Å². The highest BCUT2D eigenvalue weighted by Crippen LogP contribution is 2.38. The van der Waals surface area contributed by atoms with Crippen LogP contribution >= 0.6 is 12.4 Å². The first-order chi connectivity index (χ1) is 10.2.